The number of hydrogen-bond donors (Lipinski definition) is 1. The molecule has 0 aromatic rings. The number of aliphatic hydroxyl groups is 1. The fourth-order valence-electron chi connectivity index (χ4n) is 2.71. The summed E-state index contributed by atoms with van der Waals surface area (Å²) in [5, 5.41) is 21.7. The number of hydrogen-bond acceptors (Lipinski definition) is 4. The van der Waals surface area contributed by atoms with E-state index < -0.39 is 20.0 Å². The molecule has 0 amide bonds. The molecule has 0 bridgehead atoms. The second kappa shape index (κ2) is 6.75. The van der Waals surface area contributed by atoms with Gasteiger partial charge >= 0.3 is 0 Å². The van der Waals surface area contributed by atoms with E-state index in [1.807, 2.05) is 0 Å². The van der Waals surface area contributed by atoms with Crippen molar-refractivity contribution >= 4 is 8.32 Å². The minimum Gasteiger partial charge on any atom is -0.417 e. The van der Waals surface area contributed by atoms with Crippen LogP contribution in [0.3, 0.4) is 0 Å². The number of rotatable bonds is 7. The number of nitrogens with zero attached hydrogens (tertiary/aromatic N) is 1. The minimum atomic E-state index is -1.76. The van der Waals surface area contributed by atoms with E-state index in [9.17, 15) is 15.2 Å². The number of nitro groups is 1. The monoisotopic (exact) mass is 317 g/mol. The van der Waals surface area contributed by atoms with Gasteiger partial charge < -0.3 is 9.53 Å². The first-order valence-electron chi connectivity index (χ1n) is 7.99. The van der Waals surface area contributed by atoms with Gasteiger partial charge in [0.2, 0.25) is 5.54 Å². The van der Waals surface area contributed by atoms with E-state index in [0.717, 1.165) is 12.8 Å². The Kier molecular flexibility index (Phi) is 5.97. The predicted molar refractivity (Wildman–Crippen MR) is 86.6 cm³/mol. The third kappa shape index (κ3) is 4.26. The summed E-state index contributed by atoms with van der Waals surface area (Å²) in [4.78, 5) is 11.1. The standard InChI is InChI=1S/C15H31NO4Si/c1-14(2,3)21(4,5)20-12-8-9-13(17)15(16(18)19)10-6-7-11-15/h13,17H,6-12H2,1-5H3. The lowest BCUT2D eigenvalue weighted by Crippen LogP contribution is -2.47. The molecule has 1 unspecified atom stereocenters. The molecule has 0 aliphatic heterocycles. The topological polar surface area (TPSA) is 72.6 Å². The third-order valence-electron chi connectivity index (χ3n) is 5.34. The van der Waals surface area contributed by atoms with Crippen molar-refractivity contribution in [2.45, 2.75) is 89.1 Å². The fraction of sp³-hybridized carbons (Fsp3) is 1.00. The normalized spacial score (nSPS) is 20.5. The Morgan fingerprint density at radius 2 is 1.86 bits per heavy atom. The van der Waals surface area contributed by atoms with E-state index in [1.54, 1.807) is 0 Å². The van der Waals surface area contributed by atoms with Gasteiger partial charge in [-0.15, -0.1) is 0 Å². The summed E-state index contributed by atoms with van der Waals surface area (Å²) in [6.45, 7) is 11.5. The van der Waals surface area contributed by atoms with Crippen LogP contribution in [0.2, 0.25) is 18.1 Å². The summed E-state index contributed by atoms with van der Waals surface area (Å²) < 4.78 is 6.06. The van der Waals surface area contributed by atoms with Gasteiger partial charge in [0.05, 0.1) is 0 Å². The second-order valence-corrected chi connectivity index (χ2v) is 12.6. The highest BCUT2D eigenvalue weighted by Gasteiger charge is 2.51. The summed E-state index contributed by atoms with van der Waals surface area (Å²) in [7, 11) is -1.76. The van der Waals surface area contributed by atoms with Crippen molar-refractivity contribution in [3.63, 3.8) is 0 Å². The molecule has 1 atom stereocenters. The second-order valence-electron chi connectivity index (χ2n) is 7.83. The Labute approximate surface area is 129 Å². The zero-order valence-electron chi connectivity index (χ0n) is 14.1. The van der Waals surface area contributed by atoms with E-state index in [2.05, 4.69) is 33.9 Å². The molecule has 0 saturated heterocycles. The molecule has 1 fully saturated rings. The third-order valence-corrected chi connectivity index (χ3v) is 9.88. The van der Waals surface area contributed by atoms with Crippen molar-refractivity contribution in [2.24, 2.45) is 0 Å². The summed E-state index contributed by atoms with van der Waals surface area (Å²) >= 11 is 0. The number of aliphatic hydroxyl groups excluding tert-OH is 1. The first kappa shape index (κ1) is 18.6. The molecule has 0 spiro atoms. The predicted octanol–water partition coefficient (Wildman–Crippen LogP) is 3.74. The van der Waals surface area contributed by atoms with Crippen LogP contribution in [0.25, 0.3) is 0 Å². The van der Waals surface area contributed by atoms with Crippen LogP contribution in [0.4, 0.5) is 0 Å². The Morgan fingerprint density at radius 3 is 2.29 bits per heavy atom. The average Bonchev–Trinajstić information content (AvgIpc) is 2.83. The molecule has 1 aliphatic carbocycles. The van der Waals surface area contributed by atoms with Crippen LogP contribution in [-0.4, -0.2) is 36.6 Å². The van der Waals surface area contributed by atoms with Gasteiger partial charge in [-0.1, -0.05) is 20.8 Å². The quantitative estimate of drug-likeness (QED) is 0.336. The maximum absolute atomic E-state index is 11.3. The lowest BCUT2D eigenvalue weighted by Gasteiger charge is -2.36. The summed E-state index contributed by atoms with van der Waals surface area (Å²) in [5.41, 5.74) is -1.10. The van der Waals surface area contributed by atoms with Crippen LogP contribution < -0.4 is 0 Å². The van der Waals surface area contributed by atoms with Gasteiger partial charge in [0.1, 0.15) is 6.10 Å². The highest BCUT2D eigenvalue weighted by Crippen LogP contribution is 2.38. The van der Waals surface area contributed by atoms with Crippen LogP contribution >= 0.6 is 0 Å². The molecule has 0 radical (unpaired) electrons. The Bertz CT molecular complexity index is 359. The molecule has 5 nitrogen and oxygen atoms in total. The van der Waals surface area contributed by atoms with Crippen molar-refractivity contribution in [1.82, 2.24) is 0 Å². The van der Waals surface area contributed by atoms with E-state index in [1.165, 1.54) is 0 Å². The molecule has 1 saturated carbocycles. The van der Waals surface area contributed by atoms with Gasteiger partial charge in [-0.05, 0) is 43.8 Å². The Balaban J connectivity index is 2.44. The SMILES string of the molecule is CC(C)(C)[Si](C)(C)OCCCC(O)C1([N+](=O)[O-])CCCC1. The smallest absolute Gasteiger partial charge is 0.247 e. The van der Waals surface area contributed by atoms with Crippen LogP contribution in [-0.2, 0) is 4.43 Å². The molecule has 1 N–H and O–H groups in total. The maximum atomic E-state index is 11.3. The van der Waals surface area contributed by atoms with Gasteiger partial charge in [0.15, 0.2) is 8.32 Å². The molecule has 0 aromatic heterocycles. The fourth-order valence-corrected chi connectivity index (χ4v) is 3.80. The van der Waals surface area contributed by atoms with E-state index in [4.69, 9.17) is 4.43 Å². The van der Waals surface area contributed by atoms with Crippen LogP contribution in [0, 0.1) is 10.1 Å². The van der Waals surface area contributed by atoms with Gasteiger partial charge in [-0.3, -0.25) is 10.1 Å². The highest BCUT2D eigenvalue weighted by molar-refractivity contribution is 6.74. The van der Waals surface area contributed by atoms with Crippen molar-refractivity contribution in [1.29, 1.82) is 0 Å². The van der Waals surface area contributed by atoms with Gasteiger partial charge in [0, 0.05) is 24.4 Å². The van der Waals surface area contributed by atoms with E-state index in [0.29, 0.717) is 32.3 Å². The van der Waals surface area contributed by atoms with Crippen molar-refractivity contribution in [2.75, 3.05) is 6.61 Å². The molecule has 0 aromatic carbocycles. The largest absolute Gasteiger partial charge is 0.417 e. The van der Waals surface area contributed by atoms with Crippen LogP contribution in [0.5, 0.6) is 0 Å². The van der Waals surface area contributed by atoms with Crippen LogP contribution in [0.15, 0.2) is 0 Å². The lowest BCUT2D eigenvalue weighted by molar-refractivity contribution is -0.581. The zero-order valence-corrected chi connectivity index (χ0v) is 15.1. The molecule has 0 heterocycles. The molecule has 124 valence electrons. The Hall–Kier alpha value is -0.463. The average molecular weight is 318 g/mol. The van der Waals surface area contributed by atoms with Gasteiger partial charge in [0.25, 0.3) is 0 Å². The summed E-state index contributed by atoms with van der Waals surface area (Å²) in [6.07, 6.45) is 2.99. The first-order chi connectivity index (χ1) is 9.53. The zero-order chi connectivity index (χ0) is 16.3. The van der Waals surface area contributed by atoms with Gasteiger partial charge in [-0.2, -0.15) is 0 Å². The van der Waals surface area contributed by atoms with Crippen molar-refractivity contribution in [3.8, 4) is 0 Å². The molecular weight excluding hydrogens is 286 g/mol. The van der Waals surface area contributed by atoms with Gasteiger partial charge in [-0.25, -0.2) is 0 Å². The van der Waals surface area contributed by atoms with E-state index in [-0.39, 0.29) is 9.96 Å². The molecule has 21 heavy (non-hydrogen) atoms. The molecular formula is C15H31NO4Si. The maximum Gasteiger partial charge on any atom is 0.247 e. The van der Waals surface area contributed by atoms with Crippen LogP contribution in [0.1, 0.15) is 59.3 Å². The Morgan fingerprint density at radius 1 is 1.33 bits per heavy atom. The molecule has 6 heteroatoms. The first-order valence-corrected chi connectivity index (χ1v) is 10.9. The summed E-state index contributed by atoms with van der Waals surface area (Å²) in [6, 6.07) is 0. The minimum absolute atomic E-state index is 0.166. The van der Waals surface area contributed by atoms with Crippen molar-refractivity contribution in [3.05, 3.63) is 10.1 Å². The highest BCUT2D eigenvalue weighted by atomic mass is 28.4. The van der Waals surface area contributed by atoms with E-state index >= 15 is 0 Å². The summed E-state index contributed by atoms with van der Waals surface area (Å²) in [5.74, 6) is 0. The van der Waals surface area contributed by atoms with Crippen molar-refractivity contribution < 1.29 is 14.5 Å². The molecule has 1 rings (SSSR count). The lowest BCUT2D eigenvalue weighted by atomic mass is 9.88. The molecule has 1 aliphatic rings.